The lowest BCUT2D eigenvalue weighted by Gasteiger charge is -2.19. The summed E-state index contributed by atoms with van der Waals surface area (Å²) in [5.74, 6) is 0. The lowest BCUT2D eigenvalue weighted by Crippen LogP contribution is -2.23. The van der Waals surface area contributed by atoms with Gasteiger partial charge in [0.15, 0.2) is 5.69 Å². The molecule has 0 spiro atoms. The molecule has 3 heteroatoms. The number of nitrogens with zero attached hydrogens (tertiary/aromatic N) is 3. The summed E-state index contributed by atoms with van der Waals surface area (Å²) in [6.07, 6.45) is 0. The Balaban J connectivity index is 2.08. The summed E-state index contributed by atoms with van der Waals surface area (Å²) < 4.78 is 0. The van der Waals surface area contributed by atoms with Gasteiger partial charge in [0.25, 0.3) is 0 Å². The van der Waals surface area contributed by atoms with Crippen molar-refractivity contribution in [2.75, 3.05) is 23.5 Å². The fourth-order valence-electron chi connectivity index (χ4n) is 2.31. The topological polar surface area (TPSA) is 10.8 Å². The molecule has 88 valence electrons. The molecular weight excluding hydrogens is 222 g/mol. The lowest BCUT2D eigenvalue weighted by molar-refractivity contribution is 0.950. The Kier molecular flexibility index (Phi) is 2.42. The van der Waals surface area contributed by atoms with E-state index in [1.165, 1.54) is 5.69 Å². The van der Waals surface area contributed by atoms with E-state index in [1.807, 2.05) is 36.4 Å². The van der Waals surface area contributed by atoms with E-state index in [-0.39, 0.29) is 0 Å². The normalized spacial score (nSPS) is 13.3. The first kappa shape index (κ1) is 10.7. The Bertz CT molecular complexity index is 613. The van der Waals surface area contributed by atoms with E-state index in [4.69, 9.17) is 6.57 Å². The van der Waals surface area contributed by atoms with Crippen LogP contribution in [0, 0.1) is 6.57 Å². The number of benzene rings is 2. The number of fused-ring (bicyclic) bond motifs is 1. The molecular formula is C15H13N3. The molecule has 3 rings (SSSR count). The van der Waals surface area contributed by atoms with Crippen molar-refractivity contribution in [1.82, 2.24) is 0 Å². The fraction of sp³-hybridized carbons (Fsp3) is 0.133. The van der Waals surface area contributed by atoms with Crippen LogP contribution >= 0.6 is 0 Å². The molecule has 18 heavy (non-hydrogen) atoms. The number of rotatable bonds is 1. The van der Waals surface area contributed by atoms with Crippen molar-refractivity contribution in [2.24, 2.45) is 0 Å². The highest BCUT2D eigenvalue weighted by Gasteiger charge is 2.24. The molecule has 0 saturated carbocycles. The van der Waals surface area contributed by atoms with Crippen molar-refractivity contribution in [3.63, 3.8) is 0 Å². The molecule has 1 heterocycles. The molecule has 0 atom stereocenters. The highest BCUT2D eigenvalue weighted by Crippen LogP contribution is 2.41. The van der Waals surface area contributed by atoms with Crippen LogP contribution in [0.5, 0.6) is 0 Å². The van der Waals surface area contributed by atoms with E-state index < -0.39 is 0 Å². The van der Waals surface area contributed by atoms with Gasteiger partial charge in [-0.2, -0.15) is 0 Å². The zero-order chi connectivity index (χ0) is 12.5. The van der Waals surface area contributed by atoms with Crippen molar-refractivity contribution in [3.8, 4) is 0 Å². The minimum absolute atomic E-state index is 0.690. The van der Waals surface area contributed by atoms with Crippen molar-refractivity contribution < 1.29 is 0 Å². The second-order valence-corrected chi connectivity index (χ2v) is 4.39. The van der Waals surface area contributed by atoms with Crippen LogP contribution in [0.3, 0.4) is 0 Å². The van der Waals surface area contributed by atoms with Gasteiger partial charge in [0, 0.05) is 12.7 Å². The highest BCUT2D eigenvalue weighted by molar-refractivity contribution is 5.84. The molecule has 0 aliphatic carbocycles. The van der Waals surface area contributed by atoms with Crippen molar-refractivity contribution in [3.05, 3.63) is 59.9 Å². The molecule has 0 fully saturated rings. The number of anilines is 3. The van der Waals surface area contributed by atoms with Gasteiger partial charge in [0.05, 0.1) is 24.6 Å². The van der Waals surface area contributed by atoms with Gasteiger partial charge < -0.3 is 9.80 Å². The van der Waals surface area contributed by atoms with Crippen LogP contribution in [-0.2, 0) is 0 Å². The molecule has 3 nitrogen and oxygen atoms in total. The van der Waals surface area contributed by atoms with Crippen LogP contribution in [0.15, 0.2) is 48.5 Å². The zero-order valence-corrected chi connectivity index (χ0v) is 10.2. The summed E-state index contributed by atoms with van der Waals surface area (Å²) in [7, 11) is 2.05. The van der Waals surface area contributed by atoms with E-state index in [9.17, 15) is 0 Å². The summed E-state index contributed by atoms with van der Waals surface area (Å²) in [5.41, 5.74) is 4.15. The quantitative estimate of drug-likeness (QED) is 0.696. The Morgan fingerprint density at radius 1 is 1.06 bits per heavy atom. The molecule has 0 unspecified atom stereocenters. The molecule has 0 N–H and O–H groups in total. The number of hydrogen-bond acceptors (Lipinski definition) is 2. The third-order valence-corrected chi connectivity index (χ3v) is 3.21. The average Bonchev–Trinajstić information content (AvgIpc) is 2.77. The third-order valence-electron chi connectivity index (χ3n) is 3.21. The molecule has 2 aromatic carbocycles. The SMILES string of the molecule is [C-]#[N+]c1ccc2c(c1)N(C)CN2c1ccccc1. The zero-order valence-electron chi connectivity index (χ0n) is 10.2. The maximum absolute atomic E-state index is 7.08. The van der Waals surface area contributed by atoms with Gasteiger partial charge in [-0.25, -0.2) is 4.85 Å². The largest absolute Gasteiger partial charge is 0.356 e. The van der Waals surface area contributed by atoms with Crippen LogP contribution in [0.25, 0.3) is 4.85 Å². The lowest BCUT2D eigenvalue weighted by atomic mass is 10.2. The Morgan fingerprint density at radius 3 is 2.56 bits per heavy atom. The monoisotopic (exact) mass is 235 g/mol. The predicted octanol–water partition coefficient (Wildman–Crippen LogP) is 3.78. The molecule has 0 bridgehead atoms. The first-order valence-electron chi connectivity index (χ1n) is 5.85. The number of para-hydroxylation sites is 1. The average molecular weight is 235 g/mol. The van der Waals surface area contributed by atoms with Gasteiger partial charge in [-0.3, -0.25) is 0 Å². The molecule has 0 radical (unpaired) electrons. The predicted molar refractivity (Wildman–Crippen MR) is 74.6 cm³/mol. The molecule has 0 aromatic heterocycles. The van der Waals surface area contributed by atoms with E-state index in [0.717, 1.165) is 18.0 Å². The van der Waals surface area contributed by atoms with Gasteiger partial charge in [0.2, 0.25) is 0 Å². The van der Waals surface area contributed by atoms with E-state index in [2.05, 4.69) is 33.8 Å². The van der Waals surface area contributed by atoms with E-state index >= 15 is 0 Å². The van der Waals surface area contributed by atoms with Crippen LogP contribution < -0.4 is 9.80 Å². The van der Waals surface area contributed by atoms with Gasteiger partial charge in [0.1, 0.15) is 0 Å². The van der Waals surface area contributed by atoms with Crippen molar-refractivity contribution in [1.29, 1.82) is 0 Å². The summed E-state index contributed by atoms with van der Waals surface area (Å²) >= 11 is 0. The molecule has 0 amide bonds. The van der Waals surface area contributed by atoms with Crippen molar-refractivity contribution in [2.45, 2.75) is 0 Å². The second-order valence-electron chi connectivity index (χ2n) is 4.39. The first-order chi connectivity index (χ1) is 8.79. The molecule has 1 aliphatic heterocycles. The van der Waals surface area contributed by atoms with Gasteiger partial charge in [-0.1, -0.05) is 24.3 Å². The van der Waals surface area contributed by atoms with Crippen LogP contribution in [0.4, 0.5) is 22.7 Å². The van der Waals surface area contributed by atoms with E-state index in [0.29, 0.717) is 5.69 Å². The fourth-order valence-corrected chi connectivity index (χ4v) is 2.31. The Hall–Kier alpha value is -2.47. The van der Waals surface area contributed by atoms with Crippen LogP contribution in [0.1, 0.15) is 0 Å². The maximum Gasteiger partial charge on any atom is 0.189 e. The second kappa shape index (κ2) is 4.08. The first-order valence-corrected chi connectivity index (χ1v) is 5.85. The molecule has 0 saturated heterocycles. The van der Waals surface area contributed by atoms with Crippen LogP contribution in [-0.4, -0.2) is 13.7 Å². The third kappa shape index (κ3) is 1.59. The summed E-state index contributed by atoms with van der Waals surface area (Å²) in [6.45, 7) is 7.90. The molecule has 2 aromatic rings. The molecule has 1 aliphatic rings. The standard InChI is InChI=1S/C15H13N3/c1-16-12-8-9-14-15(10-12)17(2)11-18(14)13-6-4-3-5-7-13/h3-10H,11H2,2H3. The minimum Gasteiger partial charge on any atom is -0.356 e. The maximum atomic E-state index is 7.08. The van der Waals surface area contributed by atoms with Gasteiger partial charge in [-0.15, -0.1) is 0 Å². The highest BCUT2D eigenvalue weighted by atomic mass is 15.4. The minimum atomic E-state index is 0.690. The summed E-state index contributed by atoms with van der Waals surface area (Å²) in [6, 6.07) is 16.2. The summed E-state index contributed by atoms with van der Waals surface area (Å²) in [5, 5.41) is 0. The van der Waals surface area contributed by atoms with Gasteiger partial charge in [-0.05, 0) is 24.3 Å². The van der Waals surface area contributed by atoms with Gasteiger partial charge >= 0.3 is 0 Å². The number of hydrogen-bond donors (Lipinski definition) is 0. The smallest absolute Gasteiger partial charge is 0.189 e. The summed E-state index contributed by atoms with van der Waals surface area (Å²) in [4.78, 5) is 7.90. The van der Waals surface area contributed by atoms with E-state index in [1.54, 1.807) is 0 Å². The van der Waals surface area contributed by atoms with Crippen LogP contribution in [0.2, 0.25) is 0 Å². The Morgan fingerprint density at radius 2 is 1.83 bits per heavy atom. The van der Waals surface area contributed by atoms with Crippen molar-refractivity contribution >= 4 is 22.7 Å². The Labute approximate surface area is 107 Å².